The zero-order chi connectivity index (χ0) is 18.9. The van der Waals surface area contributed by atoms with Crippen molar-refractivity contribution in [3.05, 3.63) is 54.9 Å². The number of nitrogens with one attached hydrogen (secondary N) is 1. The Hall–Kier alpha value is -3.82. The number of aromatic amines is 1. The van der Waals surface area contributed by atoms with Crippen LogP contribution < -0.4 is 4.90 Å². The minimum absolute atomic E-state index is 0.0313. The fourth-order valence-corrected chi connectivity index (χ4v) is 3.33. The molecular weight excluding hydrogens is 358 g/mol. The monoisotopic (exact) mass is 375 g/mol. The fourth-order valence-electron chi connectivity index (χ4n) is 3.33. The van der Waals surface area contributed by atoms with Crippen molar-refractivity contribution in [3.8, 4) is 5.82 Å². The summed E-state index contributed by atoms with van der Waals surface area (Å²) < 4.78 is 1.56. The predicted molar refractivity (Wildman–Crippen MR) is 101 cm³/mol. The van der Waals surface area contributed by atoms with Crippen LogP contribution in [0.3, 0.4) is 0 Å². The summed E-state index contributed by atoms with van der Waals surface area (Å²) in [5, 5.41) is 12.5. The van der Waals surface area contributed by atoms with Crippen LogP contribution in [0.25, 0.3) is 16.9 Å². The molecule has 3 aromatic heterocycles. The highest BCUT2D eigenvalue weighted by Gasteiger charge is 2.23. The molecule has 140 valence electrons. The molecule has 1 amide bonds. The van der Waals surface area contributed by atoms with Gasteiger partial charge >= 0.3 is 0 Å². The maximum absolute atomic E-state index is 12.8. The molecule has 1 fully saturated rings. The van der Waals surface area contributed by atoms with E-state index in [9.17, 15) is 4.79 Å². The first-order chi connectivity index (χ1) is 13.8. The van der Waals surface area contributed by atoms with Crippen LogP contribution >= 0.6 is 0 Å². The van der Waals surface area contributed by atoms with Gasteiger partial charge in [0, 0.05) is 31.7 Å². The third kappa shape index (κ3) is 2.94. The van der Waals surface area contributed by atoms with Crippen LogP contribution in [0.5, 0.6) is 0 Å². The van der Waals surface area contributed by atoms with E-state index in [1.807, 2.05) is 35.2 Å². The molecule has 0 radical (unpaired) electrons. The van der Waals surface area contributed by atoms with Crippen LogP contribution in [0.15, 0.2) is 49.3 Å². The Balaban J connectivity index is 1.25. The number of rotatable bonds is 3. The van der Waals surface area contributed by atoms with Crippen molar-refractivity contribution < 1.29 is 4.79 Å². The zero-order valence-electron chi connectivity index (χ0n) is 14.9. The molecule has 0 bridgehead atoms. The minimum atomic E-state index is 0.0313. The number of benzene rings is 1. The number of carbonyl (C=O) groups excluding carboxylic acids is 1. The molecule has 4 aromatic rings. The summed E-state index contributed by atoms with van der Waals surface area (Å²) in [7, 11) is 0. The van der Waals surface area contributed by atoms with Gasteiger partial charge in [-0.3, -0.25) is 4.79 Å². The molecule has 0 saturated carbocycles. The standard InChI is InChI=1S/C18H17N9O/c28-18(13-1-2-14-15(9-13)21-11-20-14)26-7-5-25(6-8-26)16-3-4-17(24-23-16)27-12-19-10-22-27/h1-4,9-12H,5-8H2,(H,20,21). The molecule has 28 heavy (non-hydrogen) atoms. The van der Waals surface area contributed by atoms with Gasteiger partial charge in [0.1, 0.15) is 12.7 Å². The number of H-pyrrole nitrogens is 1. The molecule has 0 atom stereocenters. The van der Waals surface area contributed by atoms with E-state index >= 15 is 0 Å². The lowest BCUT2D eigenvalue weighted by Gasteiger charge is -2.35. The first-order valence-electron chi connectivity index (χ1n) is 8.94. The fraction of sp³-hybridized carbons (Fsp3) is 0.222. The van der Waals surface area contributed by atoms with Gasteiger partial charge in [-0.1, -0.05) is 0 Å². The molecule has 1 N–H and O–H groups in total. The van der Waals surface area contributed by atoms with Crippen LogP contribution in [-0.2, 0) is 0 Å². The Morgan fingerprint density at radius 3 is 2.57 bits per heavy atom. The maximum Gasteiger partial charge on any atom is 0.254 e. The molecule has 10 heteroatoms. The van der Waals surface area contributed by atoms with Crippen LogP contribution in [0.1, 0.15) is 10.4 Å². The Morgan fingerprint density at radius 1 is 1.00 bits per heavy atom. The number of aromatic nitrogens is 7. The van der Waals surface area contributed by atoms with Gasteiger partial charge in [-0.2, -0.15) is 5.10 Å². The average molecular weight is 375 g/mol. The molecule has 1 aromatic carbocycles. The normalized spacial score (nSPS) is 14.6. The van der Waals surface area contributed by atoms with Crippen LogP contribution in [-0.4, -0.2) is 71.9 Å². The number of hydrogen-bond donors (Lipinski definition) is 1. The van der Waals surface area contributed by atoms with Gasteiger partial charge < -0.3 is 14.8 Å². The van der Waals surface area contributed by atoms with E-state index in [1.54, 1.807) is 17.3 Å². The third-order valence-electron chi connectivity index (χ3n) is 4.85. The van der Waals surface area contributed by atoms with Crippen LogP contribution in [0, 0.1) is 0 Å². The van der Waals surface area contributed by atoms with Gasteiger partial charge in [-0.25, -0.2) is 14.6 Å². The Kier molecular flexibility index (Phi) is 3.93. The van der Waals surface area contributed by atoms with E-state index in [4.69, 9.17) is 0 Å². The SMILES string of the molecule is O=C(c1ccc2nc[nH]c2c1)N1CCN(c2ccc(-n3cncn3)nn2)CC1. The summed E-state index contributed by atoms with van der Waals surface area (Å²) in [5.74, 6) is 1.43. The van der Waals surface area contributed by atoms with Gasteiger partial charge in [0.25, 0.3) is 5.91 Å². The van der Waals surface area contributed by atoms with E-state index in [0.717, 1.165) is 16.9 Å². The van der Waals surface area contributed by atoms with Gasteiger partial charge in [-0.15, -0.1) is 10.2 Å². The predicted octanol–water partition coefficient (Wildman–Crippen LogP) is 0.896. The second kappa shape index (κ2) is 6.72. The zero-order valence-corrected chi connectivity index (χ0v) is 14.9. The number of nitrogens with zero attached hydrogens (tertiary/aromatic N) is 8. The third-order valence-corrected chi connectivity index (χ3v) is 4.85. The molecule has 1 saturated heterocycles. The highest BCUT2D eigenvalue weighted by molar-refractivity contribution is 5.97. The lowest BCUT2D eigenvalue weighted by atomic mass is 10.1. The number of fused-ring (bicyclic) bond motifs is 1. The highest BCUT2D eigenvalue weighted by atomic mass is 16.2. The summed E-state index contributed by atoms with van der Waals surface area (Å²) in [6.45, 7) is 2.67. The van der Waals surface area contributed by atoms with Crippen molar-refractivity contribution >= 4 is 22.8 Å². The Labute approximate surface area is 159 Å². The lowest BCUT2D eigenvalue weighted by Crippen LogP contribution is -2.49. The largest absolute Gasteiger partial charge is 0.352 e. The quantitative estimate of drug-likeness (QED) is 0.566. The van der Waals surface area contributed by atoms with E-state index in [-0.39, 0.29) is 5.91 Å². The minimum Gasteiger partial charge on any atom is -0.352 e. The van der Waals surface area contributed by atoms with Crippen LogP contribution in [0.4, 0.5) is 5.82 Å². The second-order valence-electron chi connectivity index (χ2n) is 6.50. The van der Waals surface area contributed by atoms with Gasteiger partial charge in [0.2, 0.25) is 0 Å². The van der Waals surface area contributed by atoms with Crippen LogP contribution in [0.2, 0.25) is 0 Å². The van der Waals surface area contributed by atoms with E-state index in [2.05, 4.69) is 35.1 Å². The Morgan fingerprint density at radius 2 is 1.82 bits per heavy atom. The smallest absolute Gasteiger partial charge is 0.254 e. The van der Waals surface area contributed by atoms with Gasteiger partial charge in [0.05, 0.1) is 17.4 Å². The molecule has 5 rings (SSSR count). The first-order valence-corrected chi connectivity index (χ1v) is 8.94. The number of hydrogen-bond acceptors (Lipinski definition) is 7. The maximum atomic E-state index is 12.8. The lowest BCUT2D eigenvalue weighted by molar-refractivity contribution is 0.0746. The average Bonchev–Trinajstić information content (AvgIpc) is 3.45. The number of amides is 1. The van der Waals surface area contributed by atoms with Crippen molar-refractivity contribution in [1.29, 1.82) is 0 Å². The number of carbonyl (C=O) groups is 1. The molecule has 1 aliphatic heterocycles. The summed E-state index contributed by atoms with van der Waals surface area (Å²) in [4.78, 5) is 27.9. The summed E-state index contributed by atoms with van der Waals surface area (Å²) in [6, 6.07) is 9.31. The Bertz CT molecular complexity index is 1100. The van der Waals surface area contributed by atoms with Gasteiger partial charge in [-0.05, 0) is 30.3 Å². The van der Waals surface area contributed by atoms with Crippen molar-refractivity contribution in [2.45, 2.75) is 0 Å². The molecule has 10 nitrogen and oxygen atoms in total. The molecular formula is C18H17N9O. The summed E-state index contributed by atoms with van der Waals surface area (Å²) >= 11 is 0. The number of imidazole rings is 1. The van der Waals surface area contributed by atoms with Crippen molar-refractivity contribution in [2.24, 2.45) is 0 Å². The molecule has 0 spiro atoms. The first kappa shape index (κ1) is 16.4. The van der Waals surface area contributed by atoms with Crippen molar-refractivity contribution in [3.63, 3.8) is 0 Å². The summed E-state index contributed by atoms with van der Waals surface area (Å²) in [5.41, 5.74) is 2.39. The van der Waals surface area contributed by atoms with E-state index in [1.165, 1.54) is 6.33 Å². The molecule has 4 heterocycles. The summed E-state index contributed by atoms with van der Waals surface area (Å²) in [6.07, 6.45) is 4.66. The highest BCUT2D eigenvalue weighted by Crippen LogP contribution is 2.17. The topological polar surface area (TPSA) is 109 Å². The second-order valence-corrected chi connectivity index (χ2v) is 6.50. The van der Waals surface area contributed by atoms with Crippen molar-refractivity contribution in [2.75, 3.05) is 31.1 Å². The molecule has 1 aliphatic rings. The van der Waals surface area contributed by atoms with E-state index in [0.29, 0.717) is 37.6 Å². The van der Waals surface area contributed by atoms with E-state index < -0.39 is 0 Å². The number of piperazine rings is 1. The molecule has 0 unspecified atom stereocenters. The number of anilines is 1. The van der Waals surface area contributed by atoms with Gasteiger partial charge in [0.15, 0.2) is 11.6 Å². The molecule has 0 aliphatic carbocycles. The van der Waals surface area contributed by atoms with Crippen molar-refractivity contribution in [1.82, 2.24) is 39.8 Å².